The van der Waals surface area contributed by atoms with Crippen molar-refractivity contribution in [3.05, 3.63) is 35.6 Å². The highest BCUT2D eigenvalue weighted by atomic mass is 32.1. The van der Waals surface area contributed by atoms with Gasteiger partial charge in [-0.2, -0.15) is 0 Å². The molecule has 0 saturated heterocycles. The molecule has 0 aromatic heterocycles. The largest absolute Gasteiger partial charge is 0.363 e. The van der Waals surface area contributed by atoms with Crippen molar-refractivity contribution in [2.75, 3.05) is 6.54 Å². The van der Waals surface area contributed by atoms with Crippen molar-refractivity contribution in [1.82, 2.24) is 10.6 Å². The summed E-state index contributed by atoms with van der Waals surface area (Å²) < 4.78 is 12.8. The number of benzene rings is 1. The Bertz CT molecular complexity index is 395. The van der Waals surface area contributed by atoms with E-state index < -0.39 is 0 Å². The van der Waals surface area contributed by atoms with E-state index >= 15 is 0 Å². The van der Waals surface area contributed by atoms with E-state index in [1.165, 1.54) is 12.1 Å². The minimum absolute atomic E-state index is 0.114. The molecule has 0 aliphatic heterocycles. The van der Waals surface area contributed by atoms with Gasteiger partial charge in [0.2, 0.25) is 5.91 Å². The Morgan fingerprint density at radius 1 is 1.50 bits per heavy atom. The van der Waals surface area contributed by atoms with E-state index in [1.54, 1.807) is 12.1 Å². The highest BCUT2D eigenvalue weighted by molar-refractivity contribution is 7.80. The van der Waals surface area contributed by atoms with Gasteiger partial charge < -0.3 is 10.6 Å². The Morgan fingerprint density at radius 2 is 2.25 bits per heavy atom. The summed E-state index contributed by atoms with van der Waals surface area (Å²) in [6.07, 6.45) is 0.114. The Hall–Kier alpha value is -1.49. The van der Waals surface area contributed by atoms with Crippen LogP contribution in [0.5, 0.6) is 0 Å². The molecular weight excluding hydrogens is 227 g/mol. The fraction of sp³-hybridized carbons (Fsp3) is 0.273. The van der Waals surface area contributed by atoms with Gasteiger partial charge >= 0.3 is 0 Å². The quantitative estimate of drug-likeness (QED) is 0.784. The van der Waals surface area contributed by atoms with E-state index in [2.05, 4.69) is 10.6 Å². The normalized spacial score (nSPS) is 9.62. The van der Waals surface area contributed by atoms with E-state index in [0.29, 0.717) is 17.2 Å². The first kappa shape index (κ1) is 12.6. The Kier molecular flexibility index (Phi) is 4.85. The summed E-state index contributed by atoms with van der Waals surface area (Å²) >= 11 is 4.85. The summed E-state index contributed by atoms with van der Waals surface area (Å²) in [7, 11) is 0. The fourth-order valence-corrected chi connectivity index (χ4v) is 1.47. The zero-order valence-electron chi connectivity index (χ0n) is 8.92. The maximum absolute atomic E-state index is 12.8. The summed E-state index contributed by atoms with van der Waals surface area (Å²) in [4.78, 5) is 11.4. The molecule has 0 unspecified atom stereocenters. The van der Waals surface area contributed by atoms with Gasteiger partial charge in [-0.3, -0.25) is 4.79 Å². The van der Waals surface area contributed by atoms with Gasteiger partial charge in [0.15, 0.2) is 5.11 Å². The number of carbonyl (C=O) groups is 1. The van der Waals surface area contributed by atoms with Crippen LogP contribution in [0, 0.1) is 5.82 Å². The highest BCUT2D eigenvalue weighted by Gasteiger charge is 2.05. The van der Waals surface area contributed by atoms with Crippen LogP contribution in [0.1, 0.15) is 12.5 Å². The van der Waals surface area contributed by atoms with Crippen LogP contribution in [0.2, 0.25) is 0 Å². The van der Waals surface area contributed by atoms with E-state index in [1.807, 2.05) is 6.92 Å². The molecule has 0 fully saturated rings. The molecule has 1 amide bonds. The molecule has 0 atom stereocenters. The van der Waals surface area contributed by atoms with Crippen LogP contribution in [-0.4, -0.2) is 17.6 Å². The van der Waals surface area contributed by atoms with Crippen molar-refractivity contribution in [3.63, 3.8) is 0 Å². The Balaban J connectivity index is 2.48. The zero-order valence-corrected chi connectivity index (χ0v) is 9.73. The average Bonchev–Trinajstić information content (AvgIpc) is 2.17. The maximum Gasteiger partial charge on any atom is 0.230 e. The predicted molar refractivity (Wildman–Crippen MR) is 64.5 cm³/mol. The number of rotatable bonds is 3. The average molecular weight is 240 g/mol. The molecule has 1 aromatic carbocycles. The van der Waals surface area contributed by atoms with E-state index in [-0.39, 0.29) is 18.1 Å². The molecule has 16 heavy (non-hydrogen) atoms. The molecule has 0 spiro atoms. The molecule has 1 rings (SSSR count). The molecule has 0 aliphatic carbocycles. The molecule has 86 valence electrons. The van der Waals surface area contributed by atoms with Gasteiger partial charge in [0.25, 0.3) is 0 Å². The van der Waals surface area contributed by atoms with Gasteiger partial charge in [0, 0.05) is 6.54 Å². The molecule has 2 N–H and O–H groups in total. The number of nitrogens with one attached hydrogen (secondary N) is 2. The molecule has 5 heteroatoms. The smallest absolute Gasteiger partial charge is 0.230 e. The zero-order chi connectivity index (χ0) is 12.0. The van der Waals surface area contributed by atoms with Crippen LogP contribution in [0.3, 0.4) is 0 Å². The summed E-state index contributed by atoms with van der Waals surface area (Å²) in [5.74, 6) is -0.601. The third kappa shape index (κ3) is 4.35. The van der Waals surface area contributed by atoms with E-state index in [4.69, 9.17) is 12.2 Å². The van der Waals surface area contributed by atoms with Crippen molar-refractivity contribution in [3.8, 4) is 0 Å². The summed E-state index contributed by atoms with van der Waals surface area (Å²) in [5, 5.41) is 5.60. The lowest BCUT2D eigenvalue weighted by Crippen LogP contribution is -2.39. The van der Waals surface area contributed by atoms with Crippen molar-refractivity contribution in [1.29, 1.82) is 0 Å². The third-order valence-electron chi connectivity index (χ3n) is 1.84. The lowest BCUT2D eigenvalue weighted by atomic mass is 10.1. The van der Waals surface area contributed by atoms with E-state index in [9.17, 15) is 9.18 Å². The van der Waals surface area contributed by atoms with Crippen molar-refractivity contribution in [2.45, 2.75) is 13.3 Å². The van der Waals surface area contributed by atoms with Crippen LogP contribution in [-0.2, 0) is 11.2 Å². The summed E-state index contributed by atoms with van der Waals surface area (Å²) in [6, 6.07) is 5.93. The first-order chi connectivity index (χ1) is 7.61. The molecule has 1 aromatic rings. The van der Waals surface area contributed by atoms with Crippen molar-refractivity contribution >= 4 is 23.2 Å². The highest BCUT2D eigenvalue weighted by Crippen LogP contribution is 2.03. The SMILES string of the molecule is CCNC(=S)NC(=O)Cc1cccc(F)c1. The summed E-state index contributed by atoms with van der Waals surface area (Å²) in [6.45, 7) is 2.53. The lowest BCUT2D eigenvalue weighted by Gasteiger charge is -2.07. The lowest BCUT2D eigenvalue weighted by molar-refractivity contribution is -0.119. The topological polar surface area (TPSA) is 41.1 Å². The molecular formula is C11H13FN2OS. The van der Waals surface area contributed by atoms with Crippen LogP contribution < -0.4 is 10.6 Å². The number of halogens is 1. The minimum atomic E-state index is -0.348. The first-order valence-corrected chi connectivity index (χ1v) is 5.34. The van der Waals surface area contributed by atoms with E-state index in [0.717, 1.165) is 0 Å². The van der Waals surface area contributed by atoms with Crippen LogP contribution in [0.15, 0.2) is 24.3 Å². The molecule has 0 radical (unpaired) electrons. The second-order valence-electron chi connectivity index (χ2n) is 3.21. The molecule has 0 heterocycles. The molecule has 3 nitrogen and oxygen atoms in total. The minimum Gasteiger partial charge on any atom is -0.363 e. The number of hydrogen-bond acceptors (Lipinski definition) is 2. The van der Waals surface area contributed by atoms with Crippen LogP contribution in [0.25, 0.3) is 0 Å². The summed E-state index contributed by atoms with van der Waals surface area (Å²) in [5.41, 5.74) is 0.622. The number of thiocarbonyl (C=S) groups is 1. The Morgan fingerprint density at radius 3 is 2.88 bits per heavy atom. The number of hydrogen-bond donors (Lipinski definition) is 2. The third-order valence-corrected chi connectivity index (χ3v) is 2.09. The molecule has 0 saturated carbocycles. The number of amides is 1. The van der Waals surface area contributed by atoms with Crippen LogP contribution in [0.4, 0.5) is 4.39 Å². The van der Waals surface area contributed by atoms with Gasteiger partial charge in [-0.05, 0) is 36.8 Å². The fourth-order valence-electron chi connectivity index (χ4n) is 1.21. The predicted octanol–water partition coefficient (Wildman–Crippen LogP) is 1.38. The standard InChI is InChI=1S/C11H13FN2OS/c1-2-13-11(16)14-10(15)7-8-4-3-5-9(12)6-8/h3-6H,2,7H2,1H3,(H2,13,14,15,16). The monoisotopic (exact) mass is 240 g/mol. The second kappa shape index (κ2) is 6.17. The van der Waals surface area contributed by atoms with Gasteiger partial charge in [-0.15, -0.1) is 0 Å². The van der Waals surface area contributed by atoms with Crippen molar-refractivity contribution in [2.24, 2.45) is 0 Å². The van der Waals surface area contributed by atoms with Crippen LogP contribution >= 0.6 is 12.2 Å². The van der Waals surface area contributed by atoms with Gasteiger partial charge in [0.05, 0.1) is 6.42 Å². The maximum atomic E-state index is 12.8. The first-order valence-electron chi connectivity index (χ1n) is 4.94. The van der Waals surface area contributed by atoms with Crippen molar-refractivity contribution < 1.29 is 9.18 Å². The van der Waals surface area contributed by atoms with Gasteiger partial charge in [0.1, 0.15) is 5.82 Å². The Labute approximate surface area is 99.0 Å². The number of carbonyl (C=O) groups excluding carboxylic acids is 1. The molecule has 0 bridgehead atoms. The molecule has 0 aliphatic rings. The second-order valence-corrected chi connectivity index (χ2v) is 3.62. The van der Waals surface area contributed by atoms with Gasteiger partial charge in [-0.25, -0.2) is 4.39 Å². The van der Waals surface area contributed by atoms with Gasteiger partial charge in [-0.1, -0.05) is 12.1 Å².